The van der Waals surface area contributed by atoms with Crippen molar-refractivity contribution in [2.45, 2.75) is 53.4 Å². The first-order chi connectivity index (χ1) is 13.8. The smallest absolute Gasteiger partial charge is 0.244 e. The highest BCUT2D eigenvalue weighted by atomic mass is 16.5. The van der Waals surface area contributed by atoms with Crippen LogP contribution in [0.4, 0.5) is 11.4 Å². The summed E-state index contributed by atoms with van der Waals surface area (Å²) in [6.45, 7) is 12.2. The summed E-state index contributed by atoms with van der Waals surface area (Å²) in [5.41, 5.74) is 3.63. The van der Waals surface area contributed by atoms with Gasteiger partial charge in [0.15, 0.2) is 0 Å². The largest absolute Gasteiger partial charge is 0.492 e. The van der Waals surface area contributed by atoms with E-state index < -0.39 is 0 Å². The van der Waals surface area contributed by atoms with Crippen molar-refractivity contribution >= 4 is 23.2 Å². The van der Waals surface area contributed by atoms with E-state index in [1.807, 2.05) is 37.3 Å². The molecule has 0 atom stereocenters. The molecule has 1 N–H and O–H groups in total. The van der Waals surface area contributed by atoms with Gasteiger partial charge in [0.2, 0.25) is 11.8 Å². The predicted molar refractivity (Wildman–Crippen MR) is 119 cm³/mol. The van der Waals surface area contributed by atoms with Crippen LogP contribution in [0.25, 0.3) is 0 Å². The maximum atomic E-state index is 13.0. The van der Waals surface area contributed by atoms with Crippen molar-refractivity contribution in [3.05, 3.63) is 53.6 Å². The number of para-hydroxylation sites is 3. The van der Waals surface area contributed by atoms with Crippen molar-refractivity contribution in [1.29, 1.82) is 0 Å². The Morgan fingerprint density at radius 1 is 0.966 bits per heavy atom. The minimum Gasteiger partial charge on any atom is -0.492 e. The Kier molecular flexibility index (Phi) is 7.82. The molecule has 29 heavy (non-hydrogen) atoms. The molecule has 2 amide bonds. The van der Waals surface area contributed by atoms with Gasteiger partial charge < -0.3 is 10.1 Å². The lowest BCUT2D eigenvalue weighted by molar-refractivity contribution is -0.120. The zero-order chi connectivity index (χ0) is 21.6. The van der Waals surface area contributed by atoms with Crippen LogP contribution in [0.1, 0.15) is 64.5 Å². The summed E-state index contributed by atoms with van der Waals surface area (Å²) < 4.78 is 5.64. The molecule has 5 heteroatoms. The number of hydrogen-bond acceptors (Lipinski definition) is 3. The van der Waals surface area contributed by atoms with Gasteiger partial charge in [-0.1, -0.05) is 58.0 Å². The third kappa shape index (κ3) is 5.59. The molecule has 0 saturated heterocycles. The number of rotatable bonds is 8. The monoisotopic (exact) mass is 396 g/mol. The molecule has 0 unspecified atom stereocenters. The minimum absolute atomic E-state index is 0.0800. The highest BCUT2D eigenvalue weighted by Gasteiger charge is 2.21. The average Bonchev–Trinajstić information content (AvgIpc) is 2.66. The van der Waals surface area contributed by atoms with E-state index in [0.29, 0.717) is 18.0 Å². The number of amides is 2. The number of nitrogens with zero attached hydrogens (tertiary/aromatic N) is 1. The molecule has 5 nitrogen and oxygen atoms in total. The van der Waals surface area contributed by atoms with E-state index in [0.717, 1.165) is 16.8 Å². The minimum atomic E-state index is -0.235. The number of ether oxygens (including phenoxy) is 1. The van der Waals surface area contributed by atoms with E-state index in [9.17, 15) is 9.59 Å². The zero-order valence-corrected chi connectivity index (χ0v) is 18.3. The third-order valence-corrected chi connectivity index (χ3v) is 4.78. The SMILES string of the molecule is CCOc1ccccc1N(CC(=O)Nc1c(C(C)C)cccc1C(C)C)C(C)=O. The predicted octanol–water partition coefficient (Wildman–Crippen LogP) is 5.32. The molecular weight excluding hydrogens is 364 g/mol. The Morgan fingerprint density at radius 3 is 2.07 bits per heavy atom. The first-order valence-electron chi connectivity index (χ1n) is 10.2. The lowest BCUT2D eigenvalue weighted by atomic mass is 9.92. The number of anilines is 2. The van der Waals surface area contributed by atoms with Crippen molar-refractivity contribution in [2.75, 3.05) is 23.4 Å². The Bertz CT molecular complexity index is 833. The Balaban J connectivity index is 2.33. The van der Waals surface area contributed by atoms with E-state index in [2.05, 4.69) is 33.0 Å². The van der Waals surface area contributed by atoms with Gasteiger partial charge in [-0.25, -0.2) is 0 Å². The van der Waals surface area contributed by atoms with Crippen LogP contribution in [0.2, 0.25) is 0 Å². The molecule has 0 aliphatic heterocycles. The lowest BCUT2D eigenvalue weighted by Gasteiger charge is -2.25. The van der Waals surface area contributed by atoms with E-state index >= 15 is 0 Å². The van der Waals surface area contributed by atoms with Gasteiger partial charge in [0, 0.05) is 12.6 Å². The number of nitrogens with one attached hydrogen (secondary N) is 1. The number of carbonyl (C=O) groups is 2. The number of carbonyl (C=O) groups excluding carboxylic acids is 2. The van der Waals surface area contributed by atoms with Crippen LogP contribution >= 0.6 is 0 Å². The summed E-state index contributed by atoms with van der Waals surface area (Å²) in [7, 11) is 0. The van der Waals surface area contributed by atoms with Gasteiger partial charge in [-0.2, -0.15) is 0 Å². The van der Waals surface area contributed by atoms with Gasteiger partial charge in [0.1, 0.15) is 12.3 Å². The van der Waals surface area contributed by atoms with E-state index in [1.165, 1.54) is 11.8 Å². The Hall–Kier alpha value is -2.82. The summed E-state index contributed by atoms with van der Waals surface area (Å²) in [6.07, 6.45) is 0. The Morgan fingerprint density at radius 2 is 1.55 bits per heavy atom. The van der Waals surface area contributed by atoms with Gasteiger partial charge in [0.25, 0.3) is 0 Å². The van der Waals surface area contributed by atoms with Gasteiger partial charge in [-0.3, -0.25) is 14.5 Å². The van der Waals surface area contributed by atoms with E-state index in [-0.39, 0.29) is 30.2 Å². The van der Waals surface area contributed by atoms with Gasteiger partial charge in [0.05, 0.1) is 12.3 Å². The van der Waals surface area contributed by atoms with Crippen LogP contribution in [0.3, 0.4) is 0 Å². The van der Waals surface area contributed by atoms with Crippen molar-refractivity contribution in [1.82, 2.24) is 0 Å². The summed E-state index contributed by atoms with van der Waals surface area (Å²) in [5, 5.41) is 3.07. The molecule has 0 aliphatic rings. The summed E-state index contributed by atoms with van der Waals surface area (Å²) in [6, 6.07) is 13.4. The molecule has 156 valence electrons. The zero-order valence-electron chi connectivity index (χ0n) is 18.3. The summed E-state index contributed by atoms with van der Waals surface area (Å²) in [4.78, 5) is 26.8. The molecule has 0 spiro atoms. The van der Waals surface area contributed by atoms with Crippen LogP contribution in [-0.4, -0.2) is 25.0 Å². The second-order valence-electron chi connectivity index (χ2n) is 7.67. The van der Waals surface area contributed by atoms with Crippen LogP contribution in [0.15, 0.2) is 42.5 Å². The molecular formula is C24H32N2O3. The Labute approximate surface area is 174 Å². The molecule has 0 bridgehead atoms. The standard InChI is InChI=1S/C24H32N2O3/c1-7-29-22-14-9-8-13-21(22)26(18(6)27)15-23(28)25-24-19(16(2)3)11-10-12-20(24)17(4)5/h8-14,16-17H,7,15H2,1-6H3,(H,25,28). The van der Waals surface area contributed by atoms with Crippen molar-refractivity contribution in [2.24, 2.45) is 0 Å². The molecule has 2 aromatic carbocycles. The van der Waals surface area contributed by atoms with E-state index in [1.54, 1.807) is 12.1 Å². The average molecular weight is 397 g/mol. The molecule has 0 aliphatic carbocycles. The molecule has 2 rings (SSSR count). The van der Waals surface area contributed by atoms with Gasteiger partial charge >= 0.3 is 0 Å². The van der Waals surface area contributed by atoms with Gasteiger partial charge in [-0.15, -0.1) is 0 Å². The molecule has 0 heterocycles. The first-order valence-corrected chi connectivity index (χ1v) is 10.2. The van der Waals surface area contributed by atoms with Gasteiger partial charge in [-0.05, 0) is 42.0 Å². The molecule has 0 fully saturated rings. The fourth-order valence-electron chi connectivity index (χ4n) is 3.34. The summed E-state index contributed by atoms with van der Waals surface area (Å²) in [5.74, 6) is 0.677. The quantitative estimate of drug-likeness (QED) is 0.657. The maximum Gasteiger partial charge on any atom is 0.244 e. The van der Waals surface area contributed by atoms with Crippen molar-refractivity contribution in [3.8, 4) is 5.75 Å². The van der Waals surface area contributed by atoms with Crippen LogP contribution in [0, 0.1) is 0 Å². The lowest BCUT2D eigenvalue weighted by Crippen LogP contribution is -2.37. The summed E-state index contributed by atoms with van der Waals surface area (Å²) >= 11 is 0. The molecule has 0 saturated carbocycles. The number of hydrogen-bond donors (Lipinski definition) is 1. The van der Waals surface area contributed by atoms with Crippen molar-refractivity contribution in [3.63, 3.8) is 0 Å². The van der Waals surface area contributed by atoms with Crippen LogP contribution in [0.5, 0.6) is 5.75 Å². The maximum absolute atomic E-state index is 13.0. The van der Waals surface area contributed by atoms with Crippen LogP contribution in [-0.2, 0) is 9.59 Å². The van der Waals surface area contributed by atoms with E-state index in [4.69, 9.17) is 4.74 Å². The fraction of sp³-hybridized carbons (Fsp3) is 0.417. The number of benzene rings is 2. The molecule has 0 aromatic heterocycles. The first kappa shape index (κ1) is 22.5. The topological polar surface area (TPSA) is 58.6 Å². The molecule has 2 aromatic rings. The second-order valence-corrected chi connectivity index (χ2v) is 7.67. The fourth-order valence-corrected chi connectivity index (χ4v) is 3.34. The highest BCUT2D eigenvalue weighted by molar-refractivity contribution is 6.03. The molecule has 0 radical (unpaired) electrons. The van der Waals surface area contributed by atoms with Crippen molar-refractivity contribution < 1.29 is 14.3 Å². The second kappa shape index (κ2) is 10.1. The van der Waals surface area contributed by atoms with Crippen LogP contribution < -0.4 is 15.0 Å². The normalized spacial score (nSPS) is 10.9. The third-order valence-electron chi connectivity index (χ3n) is 4.78. The highest BCUT2D eigenvalue weighted by Crippen LogP contribution is 2.33.